The summed E-state index contributed by atoms with van der Waals surface area (Å²) >= 11 is 1.30. The molecule has 3 aromatic rings. The van der Waals surface area contributed by atoms with Gasteiger partial charge in [0.1, 0.15) is 11.0 Å². The monoisotopic (exact) mass is 402 g/mol. The Bertz CT molecular complexity index is 989. The highest BCUT2D eigenvalue weighted by Crippen LogP contribution is 2.27. The van der Waals surface area contributed by atoms with Crippen LogP contribution in [0.25, 0.3) is 10.1 Å². The lowest BCUT2D eigenvalue weighted by Crippen LogP contribution is -2.17. The van der Waals surface area contributed by atoms with Gasteiger partial charge in [-0.1, -0.05) is 45.0 Å². The Balaban J connectivity index is 1.68. The predicted octanol–water partition coefficient (Wildman–Crippen LogP) is 4.13. The van der Waals surface area contributed by atoms with Gasteiger partial charge in [-0.2, -0.15) is 0 Å². The topological polar surface area (TPSA) is 78.4 Å². The van der Waals surface area contributed by atoms with Gasteiger partial charge in [-0.25, -0.2) is 14.4 Å². The van der Waals surface area contributed by atoms with E-state index in [-0.39, 0.29) is 5.41 Å². The summed E-state index contributed by atoms with van der Waals surface area (Å²) in [5.74, 6) is -0.518. The Morgan fingerprint density at radius 1 is 1.11 bits per heavy atom. The van der Waals surface area contributed by atoms with E-state index in [4.69, 9.17) is 5.21 Å². The average molecular weight is 403 g/mol. The zero-order chi connectivity index (χ0) is 19.6. The van der Waals surface area contributed by atoms with Crippen molar-refractivity contribution in [3.8, 4) is 0 Å². The van der Waals surface area contributed by atoms with Crippen LogP contribution in [0.1, 0.15) is 41.6 Å². The molecular formula is C20H22N2O3S2. The van der Waals surface area contributed by atoms with Crippen LogP contribution in [-0.4, -0.2) is 15.3 Å². The number of hydrogen-bond donors (Lipinski definition) is 3. The molecule has 142 valence electrons. The van der Waals surface area contributed by atoms with E-state index in [1.165, 1.54) is 16.9 Å². The third-order valence-electron chi connectivity index (χ3n) is 4.25. The summed E-state index contributed by atoms with van der Waals surface area (Å²) in [7, 11) is -1.30. The molecule has 1 amide bonds. The van der Waals surface area contributed by atoms with Gasteiger partial charge in [0.05, 0.1) is 9.77 Å². The fourth-order valence-electron chi connectivity index (χ4n) is 2.66. The lowest BCUT2D eigenvalue weighted by atomic mass is 9.87. The maximum atomic E-state index is 12.5. The molecule has 1 aromatic heterocycles. The van der Waals surface area contributed by atoms with Crippen molar-refractivity contribution < 1.29 is 14.2 Å². The Morgan fingerprint density at radius 3 is 2.44 bits per heavy atom. The van der Waals surface area contributed by atoms with E-state index in [9.17, 15) is 9.00 Å². The van der Waals surface area contributed by atoms with Gasteiger partial charge in [0.15, 0.2) is 0 Å². The van der Waals surface area contributed by atoms with Crippen LogP contribution in [0.2, 0.25) is 0 Å². The number of hydrogen-bond acceptors (Lipinski definition) is 4. The van der Waals surface area contributed by atoms with Crippen LogP contribution in [0, 0.1) is 0 Å². The van der Waals surface area contributed by atoms with Crippen molar-refractivity contribution in [3.63, 3.8) is 0 Å². The minimum absolute atomic E-state index is 0.0648. The molecule has 0 aliphatic rings. The van der Waals surface area contributed by atoms with Gasteiger partial charge < -0.3 is 0 Å². The van der Waals surface area contributed by atoms with Gasteiger partial charge in [-0.3, -0.25) is 10.0 Å². The first-order valence-electron chi connectivity index (χ1n) is 8.50. The quantitative estimate of drug-likeness (QED) is 0.443. The van der Waals surface area contributed by atoms with Crippen molar-refractivity contribution in [3.05, 3.63) is 64.5 Å². The van der Waals surface area contributed by atoms with E-state index < -0.39 is 16.9 Å². The number of amides is 1. The van der Waals surface area contributed by atoms with Crippen LogP contribution >= 0.6 is 11.3 Å². The van der Waals surface area contributed by atoms with E-state index in [1.54, 1.807) is 11.5 Å². The van der Waals surface area contributed by atoms with Gasteiger partial charge in [-0.15, -0.1) is 11.3 Å². The molecule has 0 spiro atoms. The van der Waals surface area contributed by atoms with E-state index >= 15 is 0 Å². The summed E-state index contributed by atoms with van der Waals surface area (Å²) in [4.78, 5) is 12.7. The Morgan fingerprint density at radius 2 is 1.81 bits per heavy atom. The van der Waals surface area contributed by atoms with Crippen molar-refractivity contribution in [2.75, 3.05) is 0 Å². The van der Waals surface area contributed by atoms with Crippen molar-refractivity contribution in [1.82, 2.24) is 10.2 Å². The summed E-state index contributed by atoms with van der Waals surface area (Å²) in [6.07, 6.45) is 0. The molecule has 0 radical (unpaired) electrons. The molecule has 3 rings (SSSR count). The van der Waals surface area contributed by atoms with Crippen molar-refractivity contribution in [2.45, 2.75) is 37.6 Å². The molecule has 1 atom stereocenters. The highest BCUT2D eigenvalue weighted by atomic mass is 32.2. The smallest absolute Gasteiger partial charge is 0.284 e. The third-order valence-corrected chi connectivity index (χ3v) is 6.46. The normalized spacial score (nSPS) is 12.9. The number of carbonyl (C=O) groups excluding carboxylic acids is 1. The fraction of sp³-hybridized carbons (Fsp3) is 0.250. The third kappa shape index (κ3) is 4.62. The highest BCUT2D eigenvalue weighted by Gasteiger charge is 2.14. The first kappa shape index (κ1) is 19.7. The SMILES string of the molecule is CC(C)(C)c1ccc(S(=O)NCc2ccc3cc(C(=O)NO)sc3c2)cc1. The summed E-state index contributed by atoms with van der Waals surface area (Å²) < 4.78 is 16.5. The van der Waals surface area contributed by atoms with Crippen LogP contribution in [0.5, 0.6) is 0 Å². The number of thiophene rings is 1. The van der Waals surface area contributed by atoms with Crippen LogP contribution < -0.4 is 10.2 Å². The zero-order valence-electron chi connectivity index (χ0n) is 15.4. The molecule has 3 N–H and O–H groups in total. The molecule has 0 saturated heterocycles. The standard InChI is InChI=1S/C20H22N2O3S2/c1-20(2,3)15-6-8-16(9-7-15)27(25)21-12-13-4-5-14-11-18(19(23)22-24)26-17(14)10-13/h4-11,21,24H,12H2,1-3H3,(H,22,23). The first-order chi connectivity index (χ1) is 12.8. The second-order valence-corrected chi connectivity index (χ2v) is 9.67. The fourth-order valence-corrected chi connectivity index (χ4v) is 4.53. The number of carbonyl (C=O) groups is 1. The number of fused-ring (bicyclic) bond motifs is 1. The van der Waals surface area contributed by atoms with Crippen LogP contribution in [0.15, 0.2) is 53.4 Å². The Kier molecular flexibility index (Phi) is 5.76. The molecule has 0 fully saturated rings. The van der Waals surface area contributed by atoms with Gasteiger partial charge in [0.2, 0.25) is 0 Å². The van der Waals surface area contributed by atoms with Crippen molar-refractivity contribution in [2.24, 2.45) is 0 Å². The maximum absolute atomic E-state index is 12.5. The summed E-state index contributed by atoms with van der Waals surface area (Å²) in [5, 5.41) is 9.68. The largest absolute Gasteiger partial charge is 0.288 e. The van der Waals surface area contributed by atoms with Crippen molar-refractivity contribution in [1.29, 1.82) is 0 Å². The first-order valence-corrected chi connectivity index (χ1v) is 10.5. The van der Waals surface area contributed by atoms with E-state index in [1.807, 2.05) is 42.5 Å². The van der Waals surface area contributed by atoms with Crippen molar-refractivity contribution >= 4 is 38.3 Å². The maximum Gasteiger partial charge on any atom is 0.284 e. The summed E-state index contributed by atoms with van der Waals surface area (Å²) in [6.45, 7) is 6.89. The molecule has 7 heteroatoms. The average Bonchev–Trinajstić information content (AvgIpc) is 3.08. The lowest BCUT2D eigenvalue weighted by molar-refractivity contribution is 0.0711. The van der Waals surface area contributed by atoms with Gasteiger partial charge in [0.25, 0.3) is 5.91 Å². The van der Waals surface area contributed by atoms with Gasteiger partial charge >= 0.3 is 0 Å². The molecule has 0 saturated carbocycles. The molecule has 0 bridgehead atoms. The predicted molar refractivity (Wildman–Crippen MR) is 109 cm³/mol. The number of nitrogens with one attached hydrogen (secondary N) is 2. The number of rotatable bonds is 5. The van der Waals surface area contributed by atoms with Crippen LogP contribution in [0.3, 0.4) is 0 Å². The molecule has 5 nitrogen and oxygen atoms in total. The second-order valence-electron chi connectivity index (χ2n) is 7.29. The minimum atomic E-state index is -1.30. The van der Waals surface area contributed by atoms with Gasteiger partial charge in [-0.05, 0) is 46.2 Å². The zero-order valence-corrected chi connectivity index (χ0v) is 17.0. The Hall–Kier alpha value is -2.06. The van der Waals surface area contributed by atoms with Gasteiger partial charge in [0, 0.05) is 11.2 Å². The second kappa shape index (κ2) is 7.90. The van der Waals surface area contributed by atoms with Crippen LogP contribution in [0.4, 0.5) is 0 Å². The minimum Gasteiger partial charge on any atom is -0.288 e. The summed E-state index contributed by atoms with van der Waals surface area (Å²) in [6, 6.07) is 15.4. The number of hydroxylamine groups is 1. The molecule has 27 heavy (non-hydrogen) atoms. The van der Waals surface area contributed by atoms with Crippen LogP contribution in [-0.2, 0) is 22.9 Å². The molecule has 1 unspecified atom stereocenters. The lowest BCUT2D eigenvalue weighted by Gasteiger charge is -2.19. The summed E-state index contributed by atoms with van der Waals surface area (Å²) in [5.41, 5.74) is 3.89. The van der Waals surface area contributed by atoms with E-state index in [0.29, 0.717) is 11.4 Å². The molecular weight excluding hydrogens is 380 g/mol. The van der Waals surface area contributed by atoms with E-state index in [2.05, 4.69) is 25.5 Å². The molecule has 2 aromatic carbocycles. The number of benzene rings is 2. The molecule has 1 heterocycles. The molecule has 0 aliphatic carbocycles. The Labute approximate surface area is 165 Å². The molecule has 0 aliphatic heterocycles. The van der Waals surface area contributed by atoms with E-state index in [0.717, 1.165) is 20.5 Å². The highest BCUT2D eigenvalue weighted by molar-refractivity contribution is 7.83.